The van der Waals surface area contributed by atoms with Crippen molar-refractivity contribution >= 4 is 23.8 Å². The minimum atomic E-state index is -4.42. The number of halogens is 3. The lowest BCUT2D eigenvalue weighted by molar-refractivity contribution is -0.137. The molecule has 1 heterocycles. The molecule has 0 saturated carbocycles. The summed E-state index contributed by atoms with van der Waals surface area (Å²) in [5.74, 6) is -1.30. The number of nitrogens with zero attached hydrogens (tertiary/aromatic N) is 1. The highest BCUT2D eigenvalue weighted by Gasteiger charge is 2.29. The van der Waals surface area contributed by atoms with Crippen LogP contribution in [0.25, 0.3) is 6.08 Å². The molecule has 1 aliphatic rings. The van der Waals surface area contributed by atoms with Gasteiger partial charge in [-0.3, -0.25) is 14.4 Å². The summed E-state index contributed by atoms with van der Waals surface area (Å²) in [6, 6.07) is 9.49. The number of carbonyl (C=O) groups is 3. The van der Waals surface area contributed by atoms with Gasteiger partial charge in [-0.1, -0.05) is 18.2 Å². The predicted molar refractivity (Wildman–Crippen MR) is 108 cm³/mol. The van der Waals surface area contributed by atoms with E-state index in [4.69, 9.17) is 5.73 Å². The van der Waals surface area contributed by atoms with Crippen LogP contribution in [0, 0.1) is 0 Å². The van der Waals surface area contributed by atoms with Crippen molar-refractivity contribution < 1.29 is 27.6 Å². The van der Waals surface area contributed by atoms with Crippen molar-refractivity contribution in [3.63, 3.8) is 0 Å². The van der Waals surface area contributed by atoms with Crippen LogP contribution in [0.2, 0.25) is 0 Å². The number of nitrogens with one attached hydrogen (secondary N) is 1. The van der Waals surface area contributed by atoms with Gasteiger partial charge in [0.1, 0.15) is 0 Å². The van der Waals surface area contributed by atoms with Gasteiger partial charge in [-0.25, -0.2) is 0 Å². The number of hydrogen-bond donors (Lipinski definition) is 2. The van der Waals surface area contributed by atoms with E-state index in [1.165, 1.54) is 18.2 Å². The van der Waals surface area contributed by atoms with Crippen LogP contribution in [-0.4, -0.2) is 35.7 Å². The van der Waals surface area contributed by atoms with Gasteiger partial charge in [0.15, 0.2) is 0 Å². The van der Waals surface area contributed by atoms with Gasteiger partial charge >= 0.3 is 6.18 Å². The van der Waals surface area contributed by atoms with Crippen molar-refractivity contribution in [2.45, 2.75) is 19.1 Å². The van der Waals surface area contributed by atoms with Gasteiger partial charge in [0.2, 0.25) is 17.7 Å². The van der Waals surface area contributed by atoms with Crippen LogP contribution in [0.15, 0.2) is 48.5 Å². The standard InChI is InChI=1S/C22H20F3N3O3/c23-22(24,25)18-6-1-14(2-7-18)3-8-19(29)27-12-20(30)28-10-9-15-11-16(21(26)31)4-5-17(15)13-28/h1-8,11H,9-10,12-13H2,(H2,26,31)(H,27,29)/b8-3+. The van der Waals surface area contributed by atoms with Crippen LogP contribution in [0.1, 0.15) is 32.6 Å². The molecule has 1 aliphatic heterocycles. The van der Waals surface area contributed by atoms with Crippen LogP contribution < -0.4 is 11.1 Å². The molecule has 162 valence electrons. The Labute approximate surface area is 176 Å². The Morgan fingerprint density at radius 1 is 1.06 bits per heavy atom. The lowest BCUT2D eigenvalue weighted by Gasteiger charge is -2.29. The molecule has 6 nitrogen and oxygen atoms in total. The Morgan fingerprint density at radius 2 is 1.77 bits per heavy atom. The second-order valence-electron chi connectivity index (χ2n) is 7.08. The van der Waals surface area contributed by atoms with E-state index in [0.717, 1.165) is 29.3 Å². The van der Waals surface area contributed by atoms with E-state index in [-0.39, 0.29) is 12.5 Å². The predicted octanol–water partition coefficient (Wildman–Crippen LogP) is 2.52. The van der Waals surface area contributed by atoms with Crippen LogP contribution >= 0.6 is 0 Å². The first-order chi connectivity index (χ1) is 14.6. The SMILES string of the molecule is NC(=O)c1ccc2c(c1)CCN(C(=O)CNC(=O)/C=C/c1ccc(C(F)(F)F)cc1)C2. The first kappa shape index (κ1) is 22.1. The summed E-state index contributed by atoms with van der Waals surface area (Å²) in [6.45, 7) is 0.612. The monoisotopic (exact) mass is 431 g/mol. The zero-order chi connectivity index (χ0) is 22.6. The summed E-state index contributed by atoms with van der Waals surface area (Å²) in [5, 5.41) is 2.48. The Balaban J connectivity index is 1.51. The van der Waals surface area contributed by atoms with Crippen molar-refractivity contribution in [3.8, 4) is 0 Å². The molecule has 31 heavy (non-hydrogen) atoms. The molecule has 0 spiro atoms. The third-order valence-corrected chi connectivity index (χ3v) is 4.93. The number of carbonyl (C=O) groups excluding carboxylic acids is 3. The maximum Gasteiger partial charge on any atom is 0.416 e. The summed E-state index contributed by atoms with van der Waals surface area (Å²) >= 11 is 0. The highest BCUT2D eigenvalue weighted by atomic mass is 19.4. The molecule has 0 radical (unpaired) electrons. The maximum atomic E-state index is 12.6. The Hall–Kier alpha value is -3.62. The van der Waals surface area contributed by atoms with Crippen molar-refractivity contribution in [2.75, 3.05) is 13.1 Å². The molecule has 3 rings (SSSR count). The molecular formula is C22H20F3N3O3. The molecule has 0 bridgehead atoms. The van der Waals surface area contributed by atoms with Gasteiger partial charge in [-0.05, 0) is 53.5 Å². The number of alkyl halides is 3. The third-order valence-electron chi connectivity index (χ3n) is 4.93. The Bertz CT molecular complexity index is 1030. The normalized spacial score (nSPS) is 13.7. The summed E-state index contributed by atoms with van der Waals surface area (Å²) in [7, 11) is 0. The van der Waals surface area contributed by atoms with Gasteiger partial charge in [0.05, 0.1) is 12.1 Å². The Morgan fingerprint density at radius 3 is 2.42 bits per heavy atom. The quantitative estimate of drug-likeness (QED) is 0.713. The van der Waals surface area contributed by atoms with Crippen LogP contribution in [0.4, 0.5) is 13.2 Å². The molecule has 0 fully saturated rings. The molecule has 0 aromatic heterocycles. The minimum absolute atomic E-state index is 0.203. The smallest absolute Gasteiger partial charge is 0.366 e. The average molecular weight is 431 g/mol. The number of amides is 3. The number of benzene rings is 2. The van der Waals surface area contributed by atoms with E-state index in [9.17, 15) is 27.6 Å². The van der Waals surface area contributed by atoms with Crippen LogP contribution in [0.5, 0.6) is 0 Å². The molecule has 0 atom stereocenters. The summed E-state index contributed by atoms with van der Waals surface area (Å²) < 4.78 is 37.7. The molecule has 9 heteroatoms. The minimum Gasteiger partial charge on any atom is -0.366 e. The lowest BCUT2D eigenvalue weighted by Crippen LogP contribution is -2.42. The molecule has 0 saturated heterocycles. The van der Waals surface area contributed by atoms with Gasteiger partial charge in [-0.2, -0.15) is 13.2 Å². The number of rotatable bonds is 5. The van der Waals surface area contributed by atoms with E-state index in [1.807, 2.05) is 0 Å². The molecule has 2 aromatic rings. The van der Waals surface area contributed by atoms with Crippen molar-refractivity contribution in [1.82, 2.24) is 10.2 Å². The highest BCUT2D eigenvalue weighted by molar-refractivity contribution is 5.94. The van der Waals surface area contributed by atoms with E-state index in [0.29, 0.717) is 30.6 Å². The van der Waals surface area contributed by atoms with Crippen molar-refractivity contribution in [3.05, 3.63) is 76.4 Å². The number of fused-ring (bicyclic) bond motifs is 1. The topological polar surface area (TPSA) is 92.5 Å². The fourth-order valence-corrected chi connectivity index (χ4v) is 3.21. The second-order valence-corrected chi connectivity index (χ2v) is 7.08. The Kier molecular flexibility index (Phi) is 6.43. The number of primary amides is 1. The molecule has 2 aromatic carbocycles. The third kappa shape index (κ3) is 5.71. The summed E-state index contributed by atoms with van der Waals surface area (Å²) in [4.78, 5) is 37.2. The first-order valence-corrected chi connectivity index (χ1v) is 9.46. The summed E-state index contributed by atoms with van der Waals surface area (Å²) in [6.07, 6.45) is -1.32. The zero-order valence-corrected chi connectivity index (χ0v) is 16.4. The van der Waals surface area contributed by atoms with E-state index < -0.39 is 23.6 Å². The molecule has 0 aliphatic carbocycles. The molecule has 3 amide bonds. The number of nitrogens with two attached hydrogens (primary N) is 1. The van der Waals surface area contributed by atoms with E-state index in [1.54, 1.807) is 23.1 Å². The first-order valence-electron chi connectivity index (χ1n) is 9.46. The second kappa shape index (κ2) is 9.03. The van der Waals surface area contributed by atoms with Crippen molar-refractivity contribution in [1.29, 1.82) is 0 Å². The van der Waals surface area contributed by atoms with E-state index >= 15 is 0 Å². The molecule has 0 unspecified atom stereocenters. The molecule has 3 N–H and O–H groups in total. The zero-order valence-electron chi connectivity index (χ0n) is 16.4. The maximum absolute atomic E-state index is 12.6. The van der Waals surface area contributed by atoms with Gasteiger partial charge < -0.3 is 16.0 Å². The van der Waals surface area contributed by atoms with Gasteiger partial charge in [0, 0.05) is 24.7 Å². The van der Waals surface area contributed by atoms with Crippen LogP contribution in [0.3, 0.4) is 0 Å². The van der Waals surface area contributed by atoms with Crippen LogP contribution in [-0.2, 0) is 28.7 Å². The lowest BCUT2D eigenvalue weighted by atomic mass is 9.97. The van der Waals surface area contributed by atoms with Crippen molar-refractivity contribution in [2.24, 2.45) is 5.73 Å². The average Bonchev–Trinajstić information content (AvgIpc) is 2.74. The highest BCUT2D eigenvalue weighted by Crippen LogP contribution is 2.29. The fraction of sp³-hybridized carbons (Fsp3) is 0.227. The van der Waals surface area contributed by atoms with E-state index in [2.05, 4.69) is 5.32 Å². The van der Waals surface area contributed by atoms with Gasteiger partial charge in [0.25, 0.3) is 0 Å². The fourth-order valence-electron chi connectivity index (χ4n) is 3.21. The largest absolute Gasteiger partial charge is 0.416 e. The summed E-state index contributed by atoms with van der Waals surface area (Å²) in [5.41, 5.74) is 7.24. The van der Waals surface area contributed by atoms with Gasteiger partial charge in [-0.15, -0.1) is 0 Å². The molecular weight excluding hydrogens is 411 g/mol. The number of hydrogen-bond acceptors (Lipinski definition) is 3.